The first kappa shape index (κ1) is 24.0. The van der Waals surface area contributed by atoms with Gasteiger partial charge in [0.2, 0.25) is 0 Å². The zero-order valence-electron chi connectivity index (χ0n) is 17.9. The summed E-state index contributed by atoms with van der Waals surface area (Å²) in [4.78, 5) is 22.7. The van der Waals surface area contributed by atoms with Crippen LogP contribution in [0.3, 0.4) is 0 Å². The summed E-state index contributed by atoms with van der Waals surface area (Å²) < 4.78 is 3.38. The number of hydrogen-bond acceptors (Lipinski definition) is 5. The molecule has 5 rings (SSSR count). The number of halogens is 4. The van der Waals surface area contributed by atoms with Gasteiger partial charge in [-0.25, -0.2) is 14.3 Å². The summed E-state index contributed by atoms with van der Waals surface area (Å²) in [7, 11) is 0. The Balaban J connectivity index is 1.79. The smallest absolute Gasteiger partial charge is 0.349 e. The summed E-state index contributed by atoms with van der Waals surface area (Å²) in [6.07, 6.45) is 4.71. The van der Waals surface area contributed by atoms with Crippen LogP contribution in [-0.4, -0.2) is 14.4 Å². The second-order valence-electron chi connectivity index (χ2n) is 7.75. The molecule has 0 aliphatic rings. The third kappa shape index (κ3) is 4.50. The number of aryl methyl sites for hydroxylation is 1. The number of nitrogens with zero attached hydrogens (tertiary/aromatic N) is 4. The molecule has 0 unspecified atom stereocenters. The largest absolute Gasteiger partial charge is 0.842 e. The maximum atomic E-state index is 13.8. The van der Waals surface area contributed by atoms with E-state index >= 15 is 0 Å². The van der Waals surface area contributed by atoms with Gasteiger partial charge in [0.1, 0.15) is 12.1 Å². The number of pyridine rings is 2. The minimum Gasteiger partial charge on any atom is -0.842 e. The highest BCUT2D eigenvalue weighted by Crippen LogP contribution is 2.34. The van der Waals surface area contributed by atoms with Crippen molar-refractivity contribution >= 4 is 63.4 Å². The normalized spacial score (nSPS) is 11.3. The predicted molar refractivity (Wildman–Crippen MR) is 138 cm³/mol. The Bertz CT molecular complexity index is 1680. The third-order valence-corrected chi connectivity index (χ3v) is 7.23. The second kappa shape index (κ2) is 9.41. The number of hydrogen-bond donors (Lipinski definition) is 0. The van der Waals surface area contributed by atoms with Gasteiger partial charge in [-0.15, -0.1) is 11.3 Å². The Hall–Kier alpha value is -2.68. The van der Waals surface area contributed by atoms with Gasteiger partial charge >= 0.3 is 5.56 Å². The third-order valence-electron chi connectivity index (χ3n) is 5.42. The number of aromatic nitrogens is 4. The summed E-state index contributed by atoms with van der Waals surface area (Å²) in [6.45, 7) is 2.04. The maximum absolute atomic E-state index is 13.8. The molecule has 0 amide bonds. The van der Waals surface area contributed by atoms with E-state index in [1.165, 1.54) is 21.9 Å². The van der Waals surface area contributed by atoms with Crippen molar-refractivity contribution < 1.29 is 9.67 Å². The van der Waals surface area contributed by atoms with Crippen LogP contribution in [0.2, 0.25) is 19.5 Å². The summed E-state index contributed by atoms with van der Waals surface area (Å²) in [5.74, 6) is -0.461. The average Bonchev–Trinajstić information content (AvgIpc) is 3.21. The van der Waals surface area contributed by atoms with Crippen molar-refractivity contribution in [1.82, 2.24) is 14.4 Å². The standard InChI is InChI=1S/C24H14Cl4N4O2S/c1-12-3-2-4-31-21(12)32(11-17-10-30-24(28)35-17)23(34)19(22(31)33)13-5-14(7-15(25)6-13)20-18(27)8-16(26)9-29-20/h2-10H,11H2,1H3. The molecule has 0 N–H and O–H groups in total. The molecule has 6 nitrogen and oxygen atoms in total. The van der Waals surface area contributed by atoms with E-state index in [1.54, 1.807) is 47.3 Å². The molecule has 0 saturated carbocycles. The van der Waals surface area contributed by atoms with E-state index in [0.29, 0.717) is 42.0 Å². The van der Waals surface area contributed by atoms with E-state index < -0.39 is 11.4 Å². The van der Waals surface area contributed by atoms with Crippen molar-refractivity contribution in [3.63, 3.8) is 0 Å². The van der Waals surface area contributed by atoms with Crippen LogP contribution < -0.4 is 15.2 Å². The highest BCUT2D eigenvalue weighted by Gasteiger charge is 2.23. The molecule has 0 aliphatic heterocycles. The summed E-state index contributed by atoms with van der Waals surface area (Å²) >= 11 is 26.0. The number of rotatable bonds is 4. The van der Waals surface area contributed by atoms with Crippen LogP contribution in [0.5, 0.6) is 5.88 Å². The molecular formula is C24H14Cl4N4O2S. The molecule has 11 heteroatoms. The molecule has 176 valence electrons. The first-order valence-electron chi connectivity index (χ1n) is 10.2. The number of benzene rings is 1. The molecular weight excluding hydrogens is 550 g/mol. The Labute approximate surface area is 223 Å². The van der Waals surface area contributed by atoms with Gasteiger partial charge in [-0.3, -0.25) is 4.98 Å². The molecule has 0 radical (unpaired) electrons. The van der Waals surface area contributed by atoms with Gasteiger partial charge in [0.25, 0.3) is 5.65 Å². The van der Waals surface area contributed by atoms with Crippen LogP contribution >= 0.6 is 57.7 Å². The zero-order chi connectivity index (χ0) is 24.9. The van der Waals surface area contributed by atoms with Crippen molar-refractivity contribution in [1.29, 1.82) is 0 Å². The van der Waals surface area contributed by atoms with E-state index in [9.17, 15) is 9.90 Å². The fourth-order valence-corrected chi connectivity index (χ4v) is 5.65. The molecule has 5 aromatic rings. The Morgan fingerprint density at radius 1 is 1.03 bits per heavy atom. The van der Waals surface area contributed by atoms with Crippen LogP contribution in [0.4, 0.5) is 0 Å². The predicted octanol–water partition coefficient (Wildman–Crippen LogP) is 5.82. The molecule has 0 atom stereocenters. The Kier molecular flexibility index (Phi) is 6.46. The van der Waals surface area contributed by atoms with E-state index in [-0.39, 0.29) is 12.1 Å². The number of thiazole rings is 1. The first-order valence-corrected chi connectivity index (χ1v) is 12.5. The van der Waals surface area contributed by atoms with Gasteiger partial charge in [-0.1, -0.05) is 46.4 Å². The lowest BCUT2D eigenvalue weighted by molar-refractivity contribution is -0.707. The van der Waals surface area contributed by atoms with Crippen molar-refractivity contribution in [2.75, 3.05) is 0 Å². The molecule has 0 spiro atoms. The minimum absolute atomic E-state index is 0.0300. The van der Waals surface area contributed by atoms with Gasteiger partial charge in [0.05, 0.1) is 32.7 Å². The highest BCUT2D eigenvalue weighted by molar-refractivity contribution is 7.15. The molecule has 4 aromatic heterocycles. The molecule has 35 heavy (non-hydrogen) atoms. The van der Waals surface area contributed by atoms with Crippen LogP contribution in [0, 0.1) is 6.92 Å². The van der Waals surface area contributed by atoms with Crippen molar-refractivity contribution in [2.24, 2.45) is 0 Å². The number of fused-ring (bicyclic) bond motifs is 1. The zero-order valence-corrected chi connectivity index (χ0v) is 21.8. The summed E-state index contributed by atoms with van der Waals surface area (Å²) in [5.41, 5.74) is 2.09. The monoisotopic (exact) mass is 562 g/mol. The molecule has 4 heterocycles. The highest BCUT2D eigenvalue weighted by atomic mass is 35.5. The van der Waals surface area contributed by atoms with Gasteiger partial charge in [0, 0.05) is 28.5 Å². The van der Waals surface area contributed by atoms with Crippen LogP contribution in [0.25, 0.3) is 28.0 Å². The lowest BCUT2D eigenvalue weighted by Gasteiger charge is -2.18. The van der Waals surface area contributed by atoms with E-state index in [2.05, 4.69) is 9.97 Å². The lowest BCUT2D eigenvalue weighted by Crippen LogP contribution is -2.44. The van der Waals surface area contributed by atoms with E-state index in [1.807, 2.05) is 13.0 Å². The molecule has 0 saturated heterocycles. The van der Waals surface area contributed by atoms with Crippen LogP contribution in [0.1, 0.15) is 10.4 Å². The van der Waals surface area contributed by atoms with Gasteiger partial charge in [-0.05, 0) is 48.9 Å². The van der Waals surface area contributed by atoms with E-state index in [0.717, 1.165) is 10.4 Å². The summed E-state index contributed by atoms with van der Waals surface area (Å²) in [6, 6.07) is 10.1. The molecule has 0 bridgehead atoms. The molecule has 0 fully saturated rings. The maximum Gasteiger partial charge on any atom is 0.349 e. The minimum atomic E-state index is -0.462. The Morgan fingerprint density at radius 3 is 2.51 bits per heavy atom. The van der Waals surface area contributed by atoms with Crippen molar-refractivity contribution in [2.45, 2.75) is 13.5 Å². The lowest BCUT2D eigenvalue weighted by atomic mass is 10.0. The van der Waals surface area contributed by atoms with Crippen LogP contribution in [-0.2, 0) is 6.54 Å². The quantitative estimate of drug-likeness (QED) is 0.258. The van der Waals surface area contributed by atoms with E-state index in [4.69, 9.17) is 46.4 Å². The fourth-order valence-electron chi connectivity index (χ4n) is 3.96. The van der Waals surface area contributed by atoms with Crippen molar-refractivity contribution in [3.8, 4) is 28.3 Å². The second-order valence-corrected chi connectivity index (χ2v) is 10.7. The average molecular weight is 564 g/mol. The SMILES string of the molecule is Cc1cccn2c(=O)c(-c3cc(Cl)cc(-c4ncc(Cl)cc4Cl)c3)c([O-])[n+](Cc3cnc(Cl)s3)c12. The van der Waals surface area contributed by atoms with Gasteiger partial charge < -0.3 is 5.11 Å². The Morgan fingerprint density at radius 2 is 1.80 bits per heavy atom. The molecule has 0 aliphatic carbocycles. The first-order chi connectivity index (χ1) is 16.7. The fraction of sp³-hybridized carbons (Fsp3) is 0.0833. The van der Waals surface area contributed by atoms with Crippen molar-refractivity contribution in [3.05, 3.63) is 95.3 Å². The van der Waals surface area contributed by atoms with Gasteiger partial charge in [0.15, 0.2) is 4.47 Å². The topological polar surface area (TPSA) is 74.2 Å². The molecule has 1 aromatic carbocycles. The van der Waals surface area contributed by atoms with Crippen LogP contribution in [0.15, 0.2) is 59.8 Å². The van der Waals surface area contributed by atoms with Gasteiger partial charge in [-0.2, -0.15) is 4.40 Å². The summed E-state index contributed by atoms with van der Waals surface area (Å²) in [5, 5.41) is 14.9.